The first-order valence-electron chi connectivity index (χ1n) is 13.4. The molecule has 208 valence electrons. The number of aromatic nitrogens is 1. The summed E-state index contributed by atoms with van der Waals surface area (Å²) in [6, 6.07) is 16.4. The summed E-state index contributed by atoms with van der Waals surface area (Å²) in [7, 11) is -0.714. The van der Waals surface area contributed by atoms with Crippen LogP contribution in [-0.4, -0.2) is 55.1 Å². The summed E-state index contributed by atoms with van der Waals surface area (Å²) in [5.41, 5.74) is 4.15. The summed E-state index contributed by atoms with van der Waals surface area (Å²) >= 11 is 1.20. The quantitative estimate of drug-likeness (QED) is 0.272. The topological polar surface area (TPSA) is 96.0 Å². The Bertz CT molecular complexity index is 1390. The number of esters is 1. The highest BCUT2D eigenvalue weighted by Crippen LogP contribution is 2.44. The van der Waals surface area contributed by atoms with Crippen molar-refractivity contribution in [2.45, 2.75) is 51.7 Å². The van der Waals surface area contributed by atoms with Crippen LogP contribution in [0, 0.1) is 0 Å². The van der Waals surface area contributed by atoms with Gasteiger partial charge in [-0.05, 0) is 68.4 Å². The average Bonchev–Trinajstić information content (AvgIpc) is 3.58. The van der Waals surface area contributed by atoms with Crippen LogP contribution in [0.3, 0.4) is 0 Å². The lowest BCUT2D eigenvalue weighted by atomic mass is 9.77. The Morgan fingerprint density at radius 3 is 2.20 bits per heavy atom. The fourth-order valence-corrected chi connectivity index (χ4v) is 5.62. The number of hydrogen-bond donors (Lipinski definition) is 1. The lowest BCUT2D eigenvalue weighted by molar-refractivity contribution is 0.00578. The molecule has 1 aliphatic heterocycles. The summed E-state index contributed by atoms with van der Waals surface area (Å²) < 4.78 is 23.3. The van der Waals surface area contributed by atoms with E-state index in [1.807, 2.05) is 52.0 Å². The zero-order valence-corrected chi connectivity index (χ0v) is 24.2. The molecule has 1 aliphatic carbocycles. The molecule has 2 aliphatic rings. The van der Waals surface area contributed by atoms with Gasteiger partial charge in [0.2, 0.25) is 0 Å². The molecule has 5 rings (SSSR count). The van der Waals surface area contributed by atoms with E-state index in [0.29, 0.717) is 15.4 Å². The monoisotopic (exact) mass is 560 g/mol. The number of benzene rings is 2. The van der Waals surface area contributed by atoms with E-state index < -0.39 is 30.4 Å². The van der Waals surface area contributed by atoms with Crippen LogP contribution in [-0.2, 0) is 18.8 Å². The molecule has 3 aromatic rings. The Labute approximate surface area is 238 Å². The number of alkyl carbamates (subject to hydrolysis) is 1. The van der Waals surface area contributed by atoms with Crippen molar-refractivity contribution in [3.63, 3.8) is 0 Å². The third-order valence-corrected chi connectivity index (χ3v) is 8.57. The molecule has 2 heterocycles. The molecule has 2 aromatic carbocycles. The van der Waals surface area contributed by atoms with E-state index in [1.54, 1.807) is 13.0 Å². The van der Waals surface area contributed by atoms with Crippen molar-refractivity contribution >= 4 is 36.6 Å². The smallest absolute Gasteiger partial charge is 0.462 e. The van der Waals surface area contributed by atoms with Gasteiger partial charge in [0, 0.05) is 12.5 Å². The zero-order chi connectivity index (χ0) is 28.5. The van der Waals surface area contributed by atoms with E-state index in [9.17, 15) is 9.59 Å². The number of ether oxygens (including phenoxy) is 2. The number of carbonyl (C=O) groups excluding carboxylic acids is 2. The van der Waals surface area contributed by atoms with Gasteiger partial charge in [-0.15, -0.1) is 11.3 Å². The van der Waals surface area contributed by atoms with Crippen molar-refractivity contribution < 1.29 is 28.4 Å². The second-order valence-corrected chi connectivity index (χ2v) is 11.8. The first kappa shape index (κ1) is 28.1. The van der Waals surface area contributed by atoms with Gasteiger partial charge in [0.25, 0.3) is 0 Å². The first-order valence-corrected chi connectivity index (χ1v) is 14.2. The number of nitrogens with one attached hydrogen (secondary N) is 1. The van der Waals surface area contributed by atoms with Crippen LogP contribution in [0.15, 0.2) is 60.2 Å². The molecule has 1 fully saturated rings. The van der Waals surface area contributed by atoms with Crippen molar-refractivity contribution in [3.8, 4) is 11.1 Å². The van der Waals surface area contributed by atoms with Crippen LogP contribution >= 0.6 is 11.3 Å². The molecule has 1 amide bonds. The summed E-state index contributed by atoms with van der Waals surface area (Å²) in [6.07, 6.45) is 2.71. The number of amides is 1. The van der Waals surface area contributed by atoms with Crippen LogP contribution < -0.4 is 5.32 Å². The number of carbonyl (C=O) groups is 2. The van der Waals surface area contributed by atoms with Gasteiger partial charge in [-0.3, -0.25) is 0 Å². The Morgan fingerprint density at radius 1 is 1.00 bits per heavy atom. The Morgan fingerprint density at radius 2 is 1.60 bits per heavy atom. The van der Waals surface area contributed by atoms with Gasteiger partial charge in [0.1, 0.15) is 16.5 Å². The molecule has 0 spiro atoms. The average molecular weight is 560 g/mol. The minimum atomic E-state index is -0.714. The van der Waals surface area contributed by atoms with E-state index in [-0.39, 0.29) is 25.7 Å². The maximum Gasteiger partial charge on any atom is 0.492 e. The third-order valence-electron chi connectivity index (χ3n) is 7.65. The minimum absolute atomic E-state index is 0.0344. The van der Waals surface area contributed by atoms with Crippen molar-refractivity contribution in [3.05, 3.63) is 81.2 Å². The molecule has 1 aromatic heterocycles. The van der Waals surface area contributed by atoms with Gasteiger partial charge >= 0.3 is 19.2 Å². The lowest BCUT2D eigenvalue weighted by Gasteiger charge is -2.32. The van der Waals surface area contributed by atoms with Crippen molar-refractivity contribution in [2.75, 3.05) is 19.8 Å². The molecular weight excluding hydrogens is 527 g/mol. The molecule has 0 atom stereocenters. The lowest BCUT2D eigenvalue weighted by Crippen LogP contribution is -2.41. The van der Waals surface area contributed by atoms with Gasteiger partial charge in [-0.1, -0.05) is 48.5 Å². The highest BCUT2D eigenvalue weighted by molar-refractivity contribution is 7.14. The van der Waals surface area contributed by atoms with Crippen molar-refractivity contribution in [1.29, 1.82) is 0 Å². The number of fused-ring (bicyclic) bond motifs is 3. The van der Waals surface area contributed by atoms with Gasteiger partial charge in [-0.2, -0.15) is 0 Å². The molecule has 1 saturated heterocycles. The number of rotatable bonds is 8. The summed E-state index contributed by atoms with van der Waals surface area (Å²) in [4.78, 5) is 29.8. The van der Waals surface area contributed by atoms with E-state index >= 15 is 0 Å². The summed E-state index contributed by atoms with van der Waals surface area (Å²) in [5, 5.41) is 3.42. The number of hydrogen-bond acceptors (Lipinski definition) is 8. The Hall–Kier alpha value is -3.47. The largest absolute Gasteiger partial charge is 0.492 e. The minimum Gasteiger partial charge on any atom is -0.462 e. The predicted molar refractivity (Wildman–Crippen MR) is 155 cm³/mol. The van der Waals surface area contributed by atoms with Gasteiger partial charge in [-0.25, -0.2) is 14.6 Å². The number of thiazole rings is 1. The number of nitrogens with zero attached hydrogens (tertiary/aromatic N) is 1. The standard InChI is InChI=1S/C30H33BN2O6S/c1-6-36-27(34)25-17-32-26(40-25)15-19(31-38-29(2,3)30(4,5)39-31)16-33-28(35)37-18-24-22-13-9-7-11-20(22)21-12-8-10-14-23(21)24/h7-15,17,24H,6,16,18H2,1-5H3,(H,33,35). The van der Waals surface area contributed by atoms with Crippen molar-refractivity contribution in [1.82, 2.24) is 10.3 Å². The summed E-state index contributed by atoms with van der Waals surface area (Å²) in [5.74, 6) is -0.457. The SMILES string of the molecule is CCOC(=O)c1cnc(C=C(CNC(=O)OCC2c3ccccc3-c3ccccc32)B2OC(C)(C)C(C)(C)O2)s1. The molecule has 0 unspecified atom stereocenters. The van der Waals surface area contributed by atoms with Gasteiger partial charge in [0.05, 0.1) is 24.0 Å². The molecule has 0 saturated carbocycles. The fraction of sp³-hybridized carbons (Fsp3) is 0.367. The Balaban J connectivity index is 1.29. The van der Waals surface area contributed by atoms with Gasteiger partial charge in [0.15, 0.2) is 0 Å². The normalized spacial score (nSPS) is 17.3. The third kappa shape index (κ3) is 5.57. The first-order chi connectivity index (χ1) is 19.1. The van der Waals surface area contributed by atoms with Crippen LogP contribution in [0.1, 0.15) is 66.3 Å². The second kappa shape index (κ2) is 11.2. The molecule has 0 bridgehead atoms. The molecule has 0 radical (unpaired) electrons. The van der Waals surface area contributed by atoms with E-state index in [4.69, 9.17) is 18.8 Å². The fourth-order valence-electron chi connectivity index (χ4n) is 4.83. The van der Waals surface area contributed by atoms with E-state index in [2.05, 4.69) is 34.6 Å². The molecule has 1 N–H and O–H groups in total. The molecular formula is C30H33BN2O6S. The highest BCUT2D eigenvalue weighted by Gasteiger charge is 2.52. The molecule has 10 heteroatoms. The second-order valence-electron chi connectivity index (χ2n) is 10.8. The van der Waals surface area contributed by atoms with Crippen LogP contribution in [0.4, 0.5) is 4.79 Å². The predicted octanol–water partition coefficient (Wildman–Crippen LogP) is 5.87. The maximum atomic E-state index is 12.9. The van der Waals surface area contributed by atoms with Gasteiger partial charge < -0.3 is 24.1 Å². The van der Waals surface area contributed by atoms with Crippen LogP contribution in [0.25, 0.3) is 17.2 Å². The van der Waals surface area contributed by atoms with E-state index in [1.165, 1.54) is 28.7 Å². The maximum absolute atomic E-state index is 12.9. The van der Waals surface area contributed by atoms with Crippen LogP contribution in [0.5, 0.6) is 0 Å². The van der Waals surface area contributed by atoms with Crippen molar-refractivity contribution in [2.24, 2.45) is 0 Å². The molecule has 40 heavy (non-hydrogen) atoms. The highest BCUT2D eigenvalue weighted by atomic mass is 32.1. The van der Waals surface area contributed by atoms with Crippen LogP contribution in [0.2, 0.25) is 0 Å². The zero-order valence-electron chi connectivity index (χ0n) is 23.4. The Kier molecular flexibility index (Phi) is 7.86. The molecule has 8 nitrogen and oxygen atoms in total. The van der Waals surface area contributed by atoms with E-state index in [0.717, 1.165) is 11.1 Å². The summed E-state index contributed by atoms with van der Waals surface area (Å²) in [6.45, 7) is 10.2.